The quantitative estimate of drug-likeness (QED) is 0.0453. The number of nitrogens with one attached hydrogen (secondary N) is 5. The van der Waals surface area contributed by atoms with Gasteiger partial charge >= 0.3 is 0 Å². The molecule has 3 heterocycles. The average molecular weight is 1230 g/mol. The number of carbonyl (C=O) groups excluding carboxylic acids is 7. The van der Waals surface area contributed by atoms with Crippen molar-refractivity contribution < 1.29 is 88.4 Å². The van der Waals surface area contributed by atoms with Crippen molar-refractivity contribution in [3.05, 3.63) is 108 Å². The molecular formula is C63H85N8O17+. The molecular weight excluding hydrogens is 1140 g/mol. The van der Waals surface area contributed by atoms with Crippen LogP contribution in [0.5, 0.6) is 11.5 Å². The number of quaternary nitrogens is 1. The maximum atomic E-state index is 14.8. The molecule has 4 aromatic carbocycles. The third kappa shape index (κ3) is 17.2. The van der Waals surface area contributed by atoms with Gasteiger partial charge in [-0.3, -0.25) is 33.6 Å². The summed E-state index contributed by atoms with van der Waals surface area (Å²) >= 11 is 0. The van der Waals surface area contributed by atoms with Crippen LogP contribution >= 0.6 is 0 Å². The lowest BCUT2D eigenvalue weighted by Gasteiger charge is -2.34. The maximum absolute atomic E-state index is 14.8. The second-order valence-corrected chi connectivity index (χ2v) is 24.1. The molecule has 13 N–H and O–H groups in total. The number of benzene rings is 4. The van der Waals surface area contributed by atoms with Crippen molar-refractivity contribution in [3.8, 4) is 33.8 Å². The van der Waals surface area contributed by atoms with E-state index in [1.807, 2.05) is 69.7 Å². The number of phenols is 1. The molecule has 25 nitrogen and oxygen atoms in total. The van der Waals surface area contributed by atoms with Crippen LogP contribution in [0.25, 0.3) is 22.3 Å². The largest absolute Gasteiger partial charge is 0.508 e. The minimum absolute atomic E-state index is 0.0470. The smallest absolute Gasteiger partial charge is 0.251 e. The lowest BCUT2D eigenvalue weighted by atomic mass is 9.96. The van der Waals surface area contributed by atoms with Crippen LogP contribution in [-0.2, 0) is 33.5 Å². The van der Waals surface area contributed by atoms with Crippen molar-refractivity contribution >= 4 is 41.4 Å². The Kier molecular flexibility index (Phi) is 23.2. The standard InChI is InChI=1S/C63H84N8O17/c1-8-9-10-28-87-45-25-21-40(22-26-45)38-13-11-37(12-14-38)39-15-17-42(18-16-39)56(80)64-46-31-48(76)61(88-29-27-71(5,6)7)68-60(84)52-53(77)34(2)32-70(52)63(86)50(36(4)73)66-59(83)51(55(79)54(78)41-19-23-43(74)24-20-41)67-58(82)47-30-44(75)33-69(47)62(85)49(35(3)72)65-57(46)81/h11-26,34-36,44,46-55,61,72-73,75-79H,8-10,27-33H2,1-7H3,(H5-,64,65,66,67,68,74,80,81,82,83,84)/p+1/t34-,35+,36+,44+,46-,47?,48-,49?,50?,51?,52?,53-,54-,55-,61+/m0/s1. The molecule has 3 saturated heterocycles. The molecule has 0 bridgehead atoms. The Hall–Kier alpha value is -7.59. The lowest BCUT2D eigenvalue weighted by Crippen LogP contribution is -2.64. The van der Waals surface area contributed by atoms with E-state index in [9.17, 15) is 74.4 Å². The summed E-state index contributed by atoms with van der Waals surface area (Å²) in [6.07, 6.45) is -12.6. The van der Waals surface area contributed by atoms with Crippen molar-refractivity contribution in [2.45, 2.75) is 145 Å². The van der Waals surface area contributed by atoms with Crippen molar-refractivity contribution in [2.24, 2.45) is 5.92 Å². The van der Waals surface area contributed by atoms with Gasteiger partial charge in [0.15, 0.2) is 6.23 Å². The van der Waals surface area contributed by atoms with Crippen LogP contribution in [0.15, 0.2) is 97.1 Å². The Bertz CT molecular complexity index is 3040. The van der Waals surface area contributed by atoms with E-state index in [-0.39, 0.29) is 36.6 Å². The molecule has 7 rings (SSSR count). The van der Waals surface area contributed by atoms with Crippen LogP contribution in [-0.4, -0.2) is 230 Å². The van der Waals surface area contributed by atoms with Crippen LogP contribution in [0.1, 0.15) is 81.8 Å². The summed E-state index contributed by atoms with van der Waals surface area (Å²) in [5, 5.41) is 103. The van der Waals surface area contributed by atoms with Gasteiger partial charge in [0, 0.05) is 37.4 Å². The van der Waals surface area contributed by atoms with Gasteiger partial charge in [0.1, 0.15) is 72.6 Å². The number of nitrogens with zero attached hydrogens (tertiary/aromatic N) is 3. The number of hydrogen-bond acceptors (Lipinski definition) is 17. The first kappa shape index (κ1) is 67.9. The number of aromatic hydroxyl groups is 1. The van der Waals surface area contributed by atoms with E-state index >= 15 is 0 Å². The summed E-state index contributed by atoms with van der Waals surface area (Å²) in [6, 6.07) is 15.3. The predicted octanol–water partition coefficient (Wildman–Crippen LogP) is -0.197. The molecule has 5 unspecified atom stereocenters. The number of phenolic OH excluding ortho intramolecular Hbond substituents is 1. The number of carbonyl (C=O) groups is 7. The van der Waals surface area contributed by atoms with Gasteiger partial charge in [-0.1, -0.05) is 87.4 Å². The number of rotatable bonds is 18. The van der Waals surface area contributed by atoms with Gasteiger partial charge in [-0.05, 0) is 84.5 Å². The Labute approximate surface area is 511 Å². The molecule has 4 aromatic rings. The van der Waals surface area contributed by atoms with Gasteiger partial charge < -0.3 is 91.2 Å². The summed E-state index contributed by atoms with van der Waals surface area (Å²) in [5.41, 5.74) is 3.48. The highest BCUT2D eigenvalue weighted by molar-refractivity contribution is 6.00. The Morgan fingerprint density at radius 3 is 1.74 bits per heavy atom. The third-order valence-corrected chi connectivity index (χ3v) is 16.1. The fraction of sp³-hybridized carbons (Fsp3) is 0.508. The molecule has 3 aliphatic heterocycles. The molecule has 0 radical (unpaired) electrons. The normalized spacial score (nSPS) is 26.7. The first-order chi connectivity index (χ1) is 41.6. The molecule has 3 fully saturated rings. The number of aliphatic hydroxyl groups is 7. The summed E-state index contributed by atoms with van der Waals surface area (Å²) in [7, 11) is 5.52. The van der Waals surface area contributed by atoms with Gasteiger partial charge in [-0.15, -0.1) is 0 Å². The Morgan fingerprint density at radius 2 is 1.18 bits per heavy atom. The van der Waals surface area contributed by atoms with Crippen molar-refractivity contribution in [1.82, 2.24) is 36.4 Å². The topological polar surface area (TPSA) is 366 Å². The minimum atomic E-state index is -2.29. The van der Waals surface area contributed by atoms with E-state index in [1.54, 1.807) is 12.1 Å². The first-order valence-corrected chi connectivity index (χ1v) is 29.7. The van der Waals surface area contributed by atoms with E-state index < -0.39 is 152 Å². The number of amides is 7. The number of ether oxygens (including phenoxy) is 2. The molecule has 88 heavy (non-hydrogen) atoms. The van der Waals surface area contributed by atoms with Crippen LogP contribution < -0.4 is 31.3 Å². The number of unbranched alkanes of at least 4 members (excludes halogenated alkanes) is 2. The molecule has 25 heteroatoms. The third-order valence-electron chi connectivity index (χ3n) is 16.1. The van der Waals surface area contributed by atoms with Crippen molar-refractivity contribution in [2.75, 3.05) is 54.0 Å². The number of likely N-dealkylation sites (N-methyl/N-ethyl adjacent to an activating group) is 1. The van der Waals surface area contributed by atoms with Crippen LogP contribution in [0.2, 0.25) is 0 Å². The minimum Gasteiger partial charge on any atom is -0.508 e. The van der Waals surface area contributed by atoms with E-state index in [4.69, 9.17) is 9.47 Å². The fourth-order valence-electron chi connectivity index (χ4n) is 10.8. The molecule has 478 valence electrons. The van der Waals surface area contributed by atoms with Crippen LogP contribution in [0.4, 0.5) is 0 Å². The summed E-state index contributed by atoms with van der Waals surface area (Å²) in [4.78, 5) is 104. The molecule has 0 saturated carbocycles. The van der Waals surface area contributed by atoms with E-state index in [0.29, 0.717) is 11.1 Å². The van der Waals surface area contributed by atoms with Gasteiger partial charge in [0.2, 0.25) is 35.4 Å². The van der Waals surface area contributed by atoms with Gasteiger partial charge in [0.25, 0.3) is 5.91 Å². The Morgan fingerprint density at radius 1 is 0.648 bits per heavy atom. The Balaban J connectivity index is 1.23. The van der Waals surface area contributed by atoms with Gasteiger partial charge in [0.05, 0.1) is 58.8 Å². The number of fused-ring (bicyclic) bond motifs is 2. The van der Waals surface area contributed by atoms with Crippen molar-refractivity contribution in [1.29, 1.82) is 0 Å². The summed E-state index contributed by atoms with van der Waals surface area (Å²) < 4.78 is 12.3. The molecule has 3 aliphatic rings. The lowest BCUT2D eigenvalue weighted by molar-refractivity contribution is -0.870. The molecule has 7 amide bonds. The SMILES string of the molecule is CCCCCOc1ccc(-c2ccc(-c3ccc(C(=O)N[C@H]4C[C@H](O)[C@@H](OCC[N+](C)(C)C)NC(=O)C5[C@@H](O)[C@@H](C)CN5C(=O)C([C@@H](C)O)NC(=O)C([C@H](O)[C@@H](O)c5ccc(O)cc5)NC(=O)C5C[C@@H](O)CN5C(=O)C([C@@H](C)O)NC4=O)cc3)cc2)cc1. The molecule has 15 atom stereocenters. The predicted molar refractivity (Wildman–Crippen MR) is 320 cm³/mol. The van der Waals surface area contributed by atoms with E-state index in [0.717, 1.165) is 70.9 Å². The van der Waals surface area contributed by atoms with Crippen LogP contribution in [0, 0.1) is 5.92 Å². The monoisotopic (exact) mass is 1230 g/mol. The highest BCUT2D eigenvalue weighted by Gasteiger charge is 2.50. The zero-order valence-corrected chi connectivity index (χ0v) is 50.6. The zero-order valence-electron chi connectivity index (χ0n) is 50.6. The first-order valence-electron chi connectivity index (χ1n) is 29.7. The second-order valence-electron chi connectivity index (χ2n) is 24.1. The fourth-order valence-corrected chi connectivity index (χ4v) is 10.8. The highest BCUT2D eigenvalue weighted by atomic mass is 16.5. The molecule has 0 aromatic heterocycles. The van der Waals surface area contributed by atoms with Gasteiger partial charge in [-0.25, -0.2) is 0 Å². The zero-order chi connectivity index (χ0) is 64.3. The van der Waals surface area contributed by atoms with Crippen LogP contribution in [0.3, 0.4) is 0 Å². The molecule has 0 spiro atoms. The van der Waals surface area contributed by atoms with E-state index in [1.165, 1.54) is 43.3 Å². The molecule has 0 aliphatic carbocycles. The highest BCUT2D eigenvalue weighted by Crippen LogP contribution is 2.30. The second kappa shape index (κ2) is 30.1. The summed E-state index contributed by atoms with van der Waals surface area (Å²) in [6.45, 7) is 5.80. The maximum Gasteiger partial charge on any atom is 0.251 e. The average Bonchev–Trinajstić information content (AvgIpc) is 2.08. The van der Waals surface area contributed by atoms with Gasteiger partial charge in [-0.2, -0.15) is 0 Å². The van der Waals surface area contributed by atoms with E-state index in [2.05, 4.69) is 33.5 Å². The number of aliphatic hydroxyl groups excluding tert-OH is 7. The summed E-state index contributed by atoms with van der Waals surface area (Å²) in [5.74, 6) is -8.24. The number of hydrogen-bond donors (Lipinski definition) is 13. The van der Waals surface area contributed by atoms with Crippen molar-refractivity contribution in [3.63, 3.8) is 0 Å².